The Morgan fingerprint density at radius 2 is 2.06 bits per heavy atom. The monoisotopic (exact) mass is 340 g/mol. The Labute approximate surface area is 119 Å². The van der Waals surface area contributed by atoms with E-state index in [-0.39, 0.29) is 11.3 Å². The molecule has 0 spiro atoms. The largest absolute Gasteiger partial charge is 0.288 e. The highest BCUT2D eigenvalue weighted by atomic mass is 79.9. The Morgan fingerprint density at radius 1 is 1.22 bits per heavy atom. The molecule has 3 aromatic rings. The van der Waals surface area contributed by atoms with E-state index in [0.29, 0.717) is 9.35 Å². The Balaban J connectivity index is 2.09. The van der Waals surface area contributed by atoms with Gasteiger partial charge >= 0.3 is 0 Å². The fourth-order valence-corrected chi connectivity index (χ4v) is 4.12. The number of carbonyl (C=O) groups excluding carboxylic acids is 1. The summed E-state index contributed by atoms with van der Waals surface area (Å²) in [6, 6.07) is 8.55. The Bertz CT molecular complexity index is 716. The van der Waals surface area contributed by atoms with E-state index in [2.05, 4.69) is 15.9 Å². The molecule has 0 unspecified atom stereocenters. The van der Waals surface area contributed by atoms with Crippen LogP contribution in [0.4, 0.5) is 4.39 Å². The van der Waals surface area contributed by atoms with Gasteiger partial charge in [-0.2, -0.15) is 0 Å². The number of carbonyl (C=O) groups is 1. The first kappa shape index (κ1) is 12.0. The van der Waals surface area contributed by atoms with Gasteiger partial charge in [-0.05, 0) is 45.6 Å². The number of fused-ring (bicyclic) bond motifs is 1. The average molecular weight is 341 g/mol. The summed E-state index contributed by atoms with van der Waals surface area (Å²) in [5.41, 5.74) is 0.110. The lowest BCUT2D eigenvalue weighted by Gasteiger charge is -2.01. The predicted octanol–water partition coefficient (Wildman–Crippen LogP) is 5.10. The maximum Gasteiger partial charge on any atom is 0.206 e. The fourth-order valence-electron chi connectivity index (χ4n) is 1.69. The second kappa shape index (κ2) is 4.57. The van der Waals surface area contributed by atoms with Crippen molar-refractivity contribution in [1.82, 2.24) is 0 Å². The molecule has 5 heteroatoms. The van der Waals surface area contributed by atoms with E-state index >= 15 is 0 Å². The zero-order valence-electron chi connectivity index (χ0n) is 8.94. The van der Waals surface area contributed by atoms with Crippen molar-refractivity contribution in [1.29, 1.82) is 0 Å². The minimum atomic E-state index is -0.501. The summed E-state index contributed by atoms with van der Waals surface area (Å²) in [6.07, 6.45) is 0. The second-order valence-corrected chi connectivity index (χ2v) is 6.58. The van der Waals surface area contributed by atoms with E-state index in [1.54, 1.807) is 23.5 Å². The van der Waals surface area contributed by atoms with Crippen LogP contribution < -0.4 is 0 Å². The van der Waals surface area contributed by atoms with Crippen LogP contribution in [0.3, 0.4) is 0 Å². The lowest BCUT2D eigenvalue weighted by Crippen LogP contribution is -2.02. The van der Waals surface area contributed by atoms with Crippen LogP contribution in [0, 0.1) is 5.82 Å². The zero-order valence-corrected chi connectivity index (χ0v) is 12.2. The smallest absolute Gasteiger partial charge is 0.206 e. The average Bonchev–Trinajstić information content (AvgIpc) is 2.92. The van der Waals surface area contributed by atoms with Crippen molar-refractivity contribution >= 4 is 53.8 Å². The summed E-state index contributed by atoms with van der Waals surface area (Å²) in [4.78, 5) is 12.8. The fraction of sp³-hybridized carbons (Fsp3) is 0. The SMILES string of the molecule is O=C(c1cc2sccc2s1)c1cccc(Br)c1F. The Kier molecular flexibility index (Phi) is 3.05. The van der Waals surface area contributed by atoms with Crippen LogP contribution >= 0.6 is 38.6 Å². The number of benzene rings is 1. The third kappa shape index (κ3) is 1.92. The number of hydrogen-bond donors (Lipinski definition) is 0. The molecule has 0 fully saturated rings. The zero-order chi connectivity index (χ0) is 12.7. The molecular weight excluding hydrogens is 335 g/mol. The van der Waals surface area contributed by atoms with Crippen LogP contribution in [-0.4, -0.2) is 5.78 Å². The van der Waals surface area contributed by atoms with Crippen molar-refractivity contribution in [3.05, 3.63) is 56.4 Å². The maximum atomic E-state index is 13.9. The van der Waals surface area contributed by atoms with Crippen molar-refractivity contribution in [2.24, 2.45) is 0 Å². The van der Waals surface area contributed by atoms with Crippen molar-refractivity contribution in [3.63, 3.8) is 0 Å². The van der Waals surface area contributed by atoms with E-state index in [1.165, 1.54) is 17.4 Å². The minimum Gasteiger partial charge on any atom is -0.288 e. The molecule has 0 aliphatic heterocycles. The summed E-state index contributed by atoms with van der Waals surface area (Å²) in [5, 5.41) is 1.98. The first-order valence-corrected chi connectivity index (χ1v) is 7.61. The molecule has 0 bridgehead atoms. The van der Waals surface area contributed by atoms with Crippen molar-refractivity contribution in [2.75, 3.05) is 0 Å². The number of ketones is 1. The van der Waals surface area contributed by atoms with E-state index in [1.807, 2.05) is 17.5 Å². The van der Waals surface area contributed by atoms with Crippen LogP contribution in [0.15, 0.2) is 40.2 Å². The molecule has 18 heavy (non-hydrogen) atoms. The molecule has 2 heterocycles. The molecule has 0 saturated carbocycles. The first-order chi connectivity index (χ1) is 8.66. The highest BCUT2D eigenvalue weighted by molar-refractivity contribution is 9.10. The van der Waals surface area contributed by atoms with Gasteiger partial charge < -0.3 is 0 Å². The molecule has 1 aromatic carbocycles. The van der Waals surface area contributed by atoms with Crippen molar-refractivity contribution < 1.29 is 9.18 Å². The molecule has 1 nitrogen and oxygen atoms in total. The van der Waals surface area contributed by atoms with Gasteiger partial charge in [-0.15, -0.1) is 22.7 Å². The number of rotatable bonds is 2. The standard InChI is InChI=1S/C13H6BrFOS2/c14-8-3-1-2-7(12(8)15)13(16)11-6-10-9(18-11)4-5-17-10/h1-6H. The summed E-state index contributed by atoms with van der Waals surface area (Å²) in [5.74, 6) is -0.763. The highest BCUT2D eigenvalue weighted by Crippen LogP contribution is 2.32. The summed E-state index contributed by atoms with van der Waals surface area (Å²) in [6.45, 7) is 0. The third-order valence-electron chi connectivity index (χ3n) is 2.56. The van der Waals surface area contributed by atoms with Crippen molar-refractivity contribution in [3.8, 4) is 0 Å². The van der Waals surface area contributed by atoms with E-state index in [4.69, 9.17) is 0 Å². The molecule has 0 radical (unpaired) electrons. The summed E-state index contributed by atoms with van der Waals surface area (Å²) in [7, 11) is 0. The van der Waals surface area contributed by atoms with Crippen LogP contribution in [0.1, 0.15) is 15.2 Å². The number of thiophene rings is 2. The Hall–Kier alpha value is -1.04. The molecule has 0 N–H and O–H groups in total. The number of hydrogen-bond acceptors (Lipinski definition) is 3. The minimum absolute atomic E-state index is 0.110. The van der Waals surface area contributed by atoms with Gasteiger partial charge in [0.15, 0.2) is 0 Å². The van der Waals surface area contributed by atoms with E-state index in [0.717, 1.165) is 9.40 Å². The van der Waals surface area contributed by atoms with Gasteiger partial charge in [-0.3, -0.25) is 4.79 Å². The van der Waals surface area contributed by atoms with Gasteiger partial charge in [0.2, 0.25) is 5.78 Å². The lowest BCUT2D eigenvalue weighted by molar-refractivity contribution is 0.103. The summed E-state index contributed by atoms with van der Waals surface area (Å²) >= 11 is 6.08. The quantitative estimate of drug-likeness (QED) is 0.593. The molecule has 2 aromatic heterocycles. The topological polar surface area (TPSA) is 17.1 Å². The molecule has 3 rings (SSSR count). The number of halogens is 2. The van der Waals surface area contributed by atoms with Gasteiger partial charge in [0.1, 0.15) is 5.82 Å². The second-order valence-electron chi connectivity index (χ2n) is 3.69. The maximum absolute atomic E-state index is 13.9. The van der Waals surface area contributed by atoms with E-state index < -0.39 is 5.82 Å². The van der Waals surface area contributed by atoms with Crippen LogP contribution in [0.25, 0.3) is 9.40 Å². The van der Waals surface area contributed by atoms with Gasteiger partial charge in [-0.25, -0.2) is 4.39 Å². The molecule has 0 atom stereocenters. The van der Waals surface area contributed by atoms with Gasteiger partial charge in [0.05, 0.1) is 14.9 Å². The molecule has 0 aliphatic rings. The normalized spacial score (nSPS) is 11.0. The first-order valence-electron chi connectivity index (χ1n) is 5.12. The van der Waals surface area contributed by atoms with Crippen LogP contribution in [-0.2, 0) is 0 Å². The molecule has 0 amide bonds. The van der Waals surface area contributed by atoms with Gasteiger partial charge in [-0.1, -0.05) is 6.07 Å². The molecule has 0 saturated heterocycles. The third-order valence-corrected chi connectivity index (χ3v) is 5.26. The molecular formula is C13H6BrFOS2. The highest BCUT2D eigenvalue weighted by Gasteiger charge is 2.18. The van der Waals surface area contributed by atoms with Crippen molar-refractivity contribution in [2.45, 2.75) is 0 Å². The Morgan fingerprint density at radius 3 is 2.83 bits per heavy atom. The van der Waals surface area contributed by atoms with Gasteiger partial charge in [0.25, 0.3) is 0 Å². The molecule has 0 aliphatic carbocycles. The van der Waals surface area contributed by atoms with Gasteiger partial charge in [0, 0.05) is 9.40 Å². The van der Waals surface area contributed by atoms with Crippen LogP contribution in [0.2, 0.25) is 0 Å². The summed E-state index contributed by atoms with van der Waals surface area (Å²) < 4.78 is 16.3. The molecule has 90 valence electrons. The van der Waals surface area contributed by atoms with Crippen LogP contribution in [0.5, 0.6) is 0 Å². The predicted molar refractivity (Wildman–Crippen MR) is 77.2 cm³/mol. The lowest BCUT2D eigenvalue weighted by atomic mass is 10.1. The van der Waals surface area contributed by atoms with E-state index in [9.17, 15) is 9.18 Å².